The highest BCUT2D eigenvalue weighted by atomic mass is 16.6. The third kappa shape index (κ3) is 5.46. The Labute approximate surface area is 192 Å². The Morgan fingerprint density at radius 1 is 1.00 bits per heavy atom. The van der Waals surface area contributed by atoms with Gasteiger partial charge in [0.25, 0.3) is 0 Å². The average molecular weight is 456 g/mol. The highest BCUT2D eigenvalue weighted by molar-refractivity contribution is 5.85. The number of carbonyl (C=O) groups excluding carboxylic acids is 1. The van der Waals surface area contributed by atoms with Gasteiger partial charge in [0.15, 0.2) is 23.9 Å². The number of fused-ring (bicyclic) bond motifs is 1. The number of rotatable bonds is 10. The van der Waals surface area contributed by atoms with Crippen molar-refractivity contribution in [3.63, 3.8) is 0 Å². The van der Waals surface area contributed by atoms with Crippen molar-refractivity contribution in [3.05, 3.63) is 51.7 Å². The van der Waals surface area contributed by atoms with Crippen LogP contribution in [0.3, 0.4) is 0 Å². The Balaban J connectivity index is 2.05. The van der Waals surface area contributed by atoms with Crippen LogP contribution >= 0.6 is 0 Å². The number of esters is 1. The van der Waals surface area contributed by atoms with E-state index in [4.69, 9.17) is 28.1 Å². The van der Waals surface area contributed by atoms with Gasteiger partial charge >= 0.3 is 5.97 Å². The normalized spacial score (nSPS) is 10.8. The fourth-order valence-electron chi connectivity index (χ4n) is 3.46. The number of methoxy groups -OCH3 is 2. The molecule has 0 radical (unpaired) electrons. The van der Waals surface area contributed by atoms with E-state index in [1.165, 1.54) is 14.2 Å². The zero-order valence-corrected chi connectivity index (χ0v) is 19.5. The molecule has 0 bridgehead atoms. The fraction of sp³-hybridized carbons (Fsp3) is 0.360. The molecule has 0 saturated heterocycles. The smallest absolute Gasteiger partial charge is 0.344 e. The minimum absolute atomic E-state index is 0.0820. The molecule has 0 saturated carbocycles. The zero-order chi connectivity index (χ0) is 24.0. The number of benzene rings is 2. The minimum atomic E-state index is -0.618. The van der Waals surface area contributed by atoms with Gasteiger partial charge in [-0.15, -0.1) is 0 Å². The Morgan fingerprint density at radius 3 is 2.45 bits per heavy atom. The predicted molar refractivity (Wildman–Crippen MR) is 123 cm³/mol. The van der Waals surface area contributed by atoms with Gasteiger partial charge in [-0.2, -0.15) is 0 Å². The number of hydrogen-bond acceptors (Lipinski definition) is 8. The molecule has 3 aromatic rings. The molecule has 8 nitrogen and oxygen atoms in total. The lowest BCUT2D eigenvalue weighted by Crippen LogP contribution is -2.20. The molecule has 1 aromatic heterocycles. The van der Waals surface area contributed by atoms with Crippen LogP contribution in [0.2, 0.25) is 0 Å². The Bertz CT molecular complexity index is 1200. The van der Waals surface area contributed by atoms with Gasteiger partial charge in [-0.05, 0) is 56.2 Å². The summed E-state index contributed by atoms with van der Waals surface area (Å²) in [7, 11) is 3.05. The van der Waals surface area contributed by atoms with Crippen LogP contribution in [0.15, 0.2) is 39.5 Å². The van der Waals surface area contributed by atoms with Gasteiger partial charge < -0.3 is 28.1 Å². The summed E-state index contributed by atoms with van der Waals surface area (Å²) < 4.78 is 32.8. The maximum absolute atomic E-state index is 13.4. The van der Waals surface area contributed by atoms with Crippen LogP contribution in [0, 0.1) is 13.8 Å². The molecule has 0 atom stereocenters. The molecule has 0 amide bonds. The van der Waals surface area contributed by atoms with E-state index in [0.717, 1.165) is 11.1 Å². The largest absolute Gasteiger partial charge is 0.493 e. The lowest BCUT2D eigenvalue weighted by atomic mass is 10.0. The lowest BCUT2D eigenvalue weighted by molar-refractivity contribution is -0.147. The standard InChI is InChI=1S/C25H28O8/c1-6-30-9-10-31-21(26)14-32-25-22(27)18-12-15(2)11-16(3)23(18)33-24(25)17-7-8-19(28-4)20(13-17)29-5/h7-8,11-13H,6,9-10,14H2,1-5H3. The van der Waals surface area contributed by atoms with Gasteiger partial charge in [0.1, 0.15) is 12.2 Å². The summed E-state index contributed by atoms with van der Waals surface area (Å²) in [5.41, 5.74) is 2.32. The average Bonchev–Trinajstić information content (AvgIpc) is 2.81. The van der Waals surface area contributed by atoms with Crippen LogP contribution in [0.25, 0.3) is 22.3 Å². The highest BCUT2D eigenvalue weighted by Gasteiger charge is 2.21. The van der Waals surface area contributed by atoms with Crippen molar-refractivity contribution < 1.29 is 32.9 Å². The number of hydrogen-bond donors (Lipinski definition) is 0. The second kappa shape index (κ2) is 10.9. The summed E-state index contributed by atoms with van der Waals surface area (Å²) in [5.74, 6) is 0.466. The topological polar surface area (TPSA) is 93.4 Å². The molecular formula is C25H28O8. The summed E-state index contributed by atoms with van der Waals surface area (Å²) in [6, 6.07) is 8.77. The summed E-state index contributed by atoms with van der Waals surface area (Å²) in [5, 5.41) is 0.372. The summed E-state index contributed by atoms with van der Waals surface area (Å²) in [4.78, 5) is 25.5. The number of ether oxygens (including phenoxy) is 5. The van der Waals surface area contributed by atoms with E-state index < -0.39 is 12.6 Å². The molecule has 3 rings (SSSR count). The molecule has 2 aromatic carbocycles. The van der Waals surface area contributed by atoms with E-state index >= 15 is 0 Å². The van der Waals surface area contributed by atoms with Gasteiger partial charge in [-0.3, -0.25) is 4.79 Å². The van der Waals surface area contributed by atoms with Crippen LogP contribution in [0.4, 0.5) is 0 Å². The Hall–Kier alpha value is -3.52. The molecule has 1 heterocycles. The molecule has 0 aliphatic heterocycles. The van der Waals surface area contributed by atoms with Crippen LogP contribution in [-0.2, 0) is 14.3 Å². The quantitative estimate of drug-likeness (QED) is 0.333. The second-order valence-corrected chi connectivity index (χ2v) is 7.32. The molecule has 0 fully saturated rings. The monoisotopic (exact) mass is 456 g/mol. The van der Waals surface area contributed by atoms with E-state index in [-0.39, 0.29) is 30.2 Å². The van der Waals surface area contributed by atoms with Gasteiger partial charge in [-0.1, -0.05) is 6.07 Å². The molecule has 176 valence electrons. The van der Waals surface area contributed by atoms with Crippen molar-refractivity contribution >= 4 is 16.9 Å². The third-order valence-electron chi connectivity index (χ3n) is 4.96. The van der Waals surface area contributed by atoms with Crippen LogP contribution in [-0.4, -0.2) is 46.6 Å². The molecule has 8 heteroatoms. The van der Waals surface area contributed by atoms with Crippen molar-refractivity contribution in [2.75, 3.05) is 40.6 Å². The molecule has 0 aliphatic rings. The first kappa shape index (κ1) is 24.1. The number of aryl methyl sites for hydroxylation is 2. The SMILES string of the molecule is CCOCCOC(=O)COc1c(-c2ccc(OC)c(OC)c2)oc2c(C)cc(C)cc2c1=O. The molecule has 0 spiro atoms. The summed E-state index contributed by atoms with van der Waals surface area (Å²) >= 11 is 0. The number of carbonyl (C=O) groups is 1. The molecule has 33 heavy (non-hydrogen) atoms. The van der Waals surface area contributed by atoms with E-state index in [1.54, 1.807) is 24.3 Å². The fourth-order valence-corrected chi connectivity index (χ4v) is 3.46. The first-order valence-corrected chi connectivity index (χ1v) is 10.6. The lowest BCUT2D eigenvalue weighted by Gasteiger charge is -2.14. The second-order valence-electron chi connectivity index (χ2n) is 7.32. The minimum Gasteiger partial charge on any atom is -0.493 e. The van der Waals surface area contributed by atoms with E-state index in [0.29, 0.717) is 34.6 Å². The Morgan fingerprint density at radius 2 is 1.76 bits per heavy atom. The van der Waals surface area contributed by atoms with Crippen molar-refractivity contribution in [1.29, 1.82) is 0 Å². The van der Waals surface area contributed by atoms with E-state index in [1.807, 2.05) is 26.8 Å². The third-order valence-corrected chi connectivity index (χ3v) is 4.96. The molecule has 0 N–H and O–H groups in total. The highest BCUT2D eigenvalue weighted by Crippen LogP contribution is 2.37. The van der Waals surface area contributed by atoms with Gasteiger partial charge in [0, 0.05) is 12.2 Å². The summed E-state index contributed by atoms with van der Waals surface area (Å²) in [6.45, 7) is 6.08. The first-order chi connectivity index (χ1) is 15.9. The van der Waals surface area contributed by atoms with Gasteiger partial charge in [0.05, 0.1) is 26.2 Å². The van der Waals surface area contributed by atoms with Crippen LogP contribution in [0.5, 0.6) is 17.2 Å². The molecule has 0 aliphatic carbocycles. The van der Waals surface area contributed by atoms with Crippen molar-refractivity contribution in [3.8, 4) is 28.6 Å². The molecule has 0 unspecified atom stereocenters. The van der Waals surface area contributed by atoms with E-state index in [9.17, 15) is 9.59 Å². The van der Waals surface area contributed by atoms with Crippen LogP contribution in [0.1, 0.15) is 18.1 Å². The van der Waals surface area contributed by atoms with Gasteiger partial charge in [-0.25, -0.2) is 4.79 Å². The maximum atomic E-state index is 13.4. The molecular weight excluding hydrogens is 428 g/mol. The van der Waals surface area contributed by atoms with Gasteiger partial charge in [0.2, 0.25) is 11.2 Å². The van der Waals surface area contributed by atoms with Crippen molar-refractivity contribution in [1.82, 2.24) is 0 Å². The maximum Gasteiger partial charge on any atom is 0.344 e. The van der Waals surface area contributed by atoms with Crippen LogP contribution < -0.4 is 19.6 Å². The summed E-state index contributed by atoms with van der Waals surface area (Å²) in [6.07, 6.45) is 0. The Kier molecular flexibility index (Phi) is 7.95. The van der Waals surface area contributed by atoms with Crippen molar-refractivity contribution in [2.45, 2.75) is 20.8 Å². The van der Waals surface area contributed by atoms with E-state index in [2.05, 4.69) is 0 Å². The first-order valence-electron chi connectivity index (χ1n) is 10.6. The van der Waals surface area contributed by atoms with Crippen molar-refractivity contribution in [2.24, 2.45) is 0 Å². The zero-order valence-electron chi connectivity index (χ0n) is 19.5. The predicted octanol–water partition coefficient (Wildman–Crippen LogP) is 4.05.